The zero-order valence-electron chi connectivity index (χ0n) is 12.4. The lowest BCUT2D eigenvalue weighted by Gasteiger charge is -2.44. The number of likely N-dealkylation sites (tertiary alicyclic amines) is 1. The Morgan fingerprint density at radius 3 is 2.57 bits per heavy atom. The topological polar surface area (TPSA) is 29.3 Å². The van der Waals surface area contributed by atoms with Gasteiger partial charge in [0.1, 0.15) is 0 Å². The van der Waals surface area contributed by atoms with E-state index >= 15 is 0 Å². The van der Waals surface area contributed by atoms with Crippen molar-refractivity contribution in [3.05, 3.63) is 33.8 Å². The van der Waals surface area contributed by atoms with Gasteiger partial charge in [0, 0.05) is 19.1 Å². The summed E-state index contributed by atoms with van der Waals surface area (Å²) in [4.78, 5) is 2.56. The molecule has 2 nitrogen and oxygen atoms in total. The minimum atomic E-state index is 0.266. The van der Waals surface area contributed by atoms with Gasteiger partial charge in [-0.05, 0) is 48.9 Å². The van der Waals surface area contributed by atoms with Crippen LogP contribution in [-0.4, -0.2) is 24.5 Å². The van der Waals surface area contributed by atoms with Gasteiger partial charge in [-0.1, -0.05) is 48.5 Å². The number of piperidine rings is 1. The first-order valence-electron chi connectivity index (χ1n) is 8.08. The molecule has 1 aliphatic heterocycles. The second-order valence-electron chi connectivity index (χ2n) is 6.51. The monoisotopic (exact) mass is 326 g/mol. The van der Waals surface area contributed by atoms with Crippen molar-refractivity contribution in [3.8, 4) is 0 Å². The Balaban J connectivity index is 1.75. The normalized spacial score (nSPS) is 28.1. The SMILES string of the molecule is NCC(c1ccc(Cl)c(Cl)c1)N1CCC2CCCCC2C1. The molecule has 2 N–H and O–H groups in total. The van der Waals surface area contributed by atoms with Crippen molar-refractivity contribution < 1.29 is 0 Å². The molecule has 3 unspecified atom stereocenters. The average molecular weight is 327 g/mol. The molecule has 21 heavy (non-hydrogen) atoms. The van der Waals surface area contributed by atoms with Crippen LogP contribution in [-0.2, 0) is 0 Å². The fourth-order valence-corrected chi connectivity index (χ4v) is 4.43. The molecule has 1 saturated heterocycles. The van der Waals surface area contributed by atoms with Crippen molar-refractivity contribution in [3.63, 3.8) is 0 Å². The van der Waals surface area contributed by atoms with E-state index in [1.165, 1.54) is 44.2 Å². The Morgan fingerprint density at radius 1 is 1.10 bits per heavy atom. The number of hydrogen-bond acceptors (Lipinski definition) is 2. The Kier molecular flexibility index (Phi) is 5.11. The molecule has 1 saturated carbocycles. The van der Waals surface area contributed by atoms with Crippen molar-refractivity contribution >= 4 is 23.2 Å². The van der Waals surface area contributed by atoms with Gasteiger partial charge < -0.3 is 5.73 Å². The second-order valence-corrected chi connectivity index (χ2v) is 7.33. The van der Waals surface area contributed by atoms with Gasteiger partial charge in [0.2, 0.25) is 0 Å². The Hall–Kier alpha value is -0.280. The minimum absolute atomic E-state index is 0.266. The fourth-order valence-electron chi connectivity index (χ4n) is 4.13. The van der Waals surface area contributed by atoms with Gasteiger partial charge in [0.15, 0.2) is 0 Å². The van der Waals surface area contributed by atoms with Crippen LogP contribution in [0.15, 0.2) is 18.2 Å². The smallest absolute Gasteiger partial charge is 0.0595 e. The summed E-state index contributed by atoms with van der Waals surface area (Å²) in [6.07, 6.45) is 6.96. The summed E-state index contributed by atoms with van der Waals surface area (Å²) in [5.41, 5.74) is 7.27. The summed E-state index contributed by atoms with van der Waals surface area (Å²) in [7, 11) is 0. The zero-order valence-corrected chi connectivity index (χ0v) is 13.9. The van der Waals surface area contributed by atoms with Gasteiger partial charge >= 0.3 is 0 Å². The summed E-state index contributed by atoms with van der Waals surface area (Å²) < 4.78 is 0. The van der Waals surface area contributed by atoms with E-state index in [4.69, 9.17) is 28.9 Å². The van der Waals surface area contributed by atoms with Crippen molar-refractivity contribution in [1.29, 1.82) is 0 Å². The third kappa shape index (κ3) is 3.39. The summed E-state index contributed by atoms with van der Waals surface area (Å²) in [5, 5.41) is 1.24. The third-order valence-electron chi connectivity index (χ3n) is 5.32. The average Bonchev–Trinajstić information content (AvgIpc) is 2.51. The van der Waals surface area contributed by atoms with Crippen LogP contribution in [0.1, 0.15) is 43.7 Å². The van der Waals surface area contributed by atoms with Gasteiger partial charge in [-0.25, -0.2) is 0 Å². The summed E-state index contributed by atoms with van der Waals surface area (Å²) in [6.45, 7) is 2.98. The predicted molar refractivity (Wildman–Crippen MR) is 89.9 cm³/mol. The number of fused-ring (bicyclic) bond motifs is 1. The zero-order chi connectivity index (χ0) is 14.8. The quantitative estimate of drug-likeness (QED) is 0.885. The first-order chi connectivity index (χ1) is 10.2. The number of nitrogens with zero attached hydrogens (tertiary/aromatic N) is 1. The van der Waals surface area contributed by atoms with E-state index in [0.717, 1.165) is 18.4 Å². The van der Waals surface area contributed by atoms with Crippen LogP contribution in [0.3, 0.4) is 0 Å². The van der Waals surface area contributed by atoms with Crippen molar-refractivity contribution in [2.75, 3.05) is 19.6 Å². The highest BCUT2D eigenvalue weighted by Crippen LogP contribution is 2.39. The highest BCUT2D eigenvalue weighted by Gasteiger charge is 2.33. The molecular formula is C17H24Cl2N2. The molecule has 1 aromatic carbocycles. The van der Waals surface area contributed by atoms with E-state index in [9.17, 15) is 0 Å². The highest BCUT2D eigenvalue weighted by molar-refractivity contribution is 6.42. The molecular weight excluding hydrogens is 303 g/mol. The van der Waals surface area contributed by atoms with E-state index in [1.54, 1.807) is 0 Å². The Bertz CT molecular complexity index is 492. The fraction of sp³-hybridized carbons (Fsp3) is 0.647. The van der Waals surface area contributed by atoms with Crippen molar-refractivity contribution in [2.45, 2.75) is 38.1 Å². The van der Waals surface area contributed by atoms with Crippen LogP contribution in [0.25, 0.3) is 0 Å². The third-order valence-corrected chi connectivity index (χ3v) is 6.05. The lowest BCUT2D eigenvalue weighted by Crippen LogP contribution is -2.45. The largest absolute Gasteiger partial charge is 0.329 e. The molecule has 1 aliphatic carbocycles. The maximum atomic E-state index is 6.17. The van der Waals surface area contributed by atoms with E-state index < -0.39 is 0 Å². The first-order valence-corrected chi connectivity index (χ1v) is 8.83. The van der Waals surface area contributed by atoms with E-state index in [1.807, 2.05) is 12.1 Å². The van der Waals surface area contributed by atoms with Crippen molar-refractivity contribution in [1.82, 2.24) is 4.90 Å². The molecule has 3 atom stereocenters. The number of benzene rings is 1. The number of halogens is 2. The van der Waals surface area contributed by atoms with Crippen LogP contribution < -0.4 is 5.73 Å². The summed E-state index contributed by atoms with van der Waals surface area (Å²) >= 11 is 12.2. The molecule has 0 bridgehead atoms. The molecule has 2 fully saturated rings. The Labute approximate surface area is 137 Å². The van der Waals surface area contributed by atoms with Crippen LogP contribution >= 0.6 is 23.2 Å². The van der Waals surface area contributed by atoms with Gasteiger partial charge in [0.25, 0.3) is 0 Å². The lowest BCUT2D eigenvalue weighted by molar-refractivity contribution is 0.0586. The number of rotatable bonds is 3. The van der Waals surface area contributed by atoms with E-state index in [2.05, 4.69) is 11.0 Å². The second kappa shape index (κ2) is 6.87. The molecule has 4 heteroatoms. The Morgan fingerprint density at radius 2 is 1.86 bits per heavy atom. The van der Waals surface area contributed by atoms with Gasteiger partial charge in [-0.3, -0.25) is 4.90 Å². The molecule has 0 radical (unpaired) electrons. The molecule has 0 aromatic heterocycles. The molecule has 0 spiro atoms. The van der Waals surface area contributed by atoms with Crippen LogP contribution in [0.5, 0.6) is 0 Å². The molecule has 2 aliphatic rings. The number of hydrogen-bond donors (Lipinski definition) is 1. The van der Waals surface area contributed by atoms with Gasteiger partial charge in [-0.2, -0.15) is 0 Å². The first kappa shape index (κ1) is 15.6. The summed E-state index contributed by atoms with van der Waals surface area (Å²) in [5.74, 6) is 1.81. The van der Waals surface area contributed by atoms with Crippen molar-refractivity contribution in [2.24, 2.45) is 17.6 Å². The standard InChI is InChI=1S/C17H24Cl2N2/c18-15-6-5-13(9-16(15)19)17(10-20)21-8-7-12-3-1-2-4-14(12)11-21/h5-6,9,12,14,17H,1-4,7-8,10-11,20H2. The maximum Gasteiger partial charge on any atom is 0.0595 e. The molecule has 1 aromatic rings. The molecule has 0 amide bonds. The van der Waals surface area contributed by atoms with E-state index in [0.29, 0.717) is 16.6 Å². The molecule has 116 valence electrons. The maximum absolute atomic E-state index is 6.17. The minimum Gasteiger partial charge on any atom is -0.329 e. The number of nitrogens with two attached hydrogens (primary N) is 1. The molecule has 3 rings (SSSR count). The predicted octanol–water partition coefficient (Wildman–Crippen LogP) is 4.51. The van der Waals surface area contributed by atoms with E-state index in [-0.39, 0.29) is 6.04 Å². The van der Waals surface area contributed by atoms with Gasteiger partial charge in [0.05, 0.1) is 10.0 Å². The lowest BCUT2D eigenvalue weighted by atomic mass is 9.74. The highest BCUT2D eigenvalue weighted by atomic mass is 35.5. The van der Waals surface area contributed by atoms with Crippen LogP contribution in [0.4, 0.5) is 0 Å². The van der Waals surface area contributed by atoms with Gasteiger partial charge in [-0.15, -0.1) is 0 Å². The van der Waals surface area contributed by atoms with Crippen LogP contribution in [0.2, 0.25) is 10.0 Å². The van der Waals surface area contributed by atoms with Crippen LogP contribution in [0, 0.1) is 11.8 Å². The molecule has 1 heterocycles. The summed E-state index contributed by atoms with van der Waals surface area (Å²) in [6, 6.07) is 6.20.